The van der Waals surface area contributed by atoms with E-state index in [1.54, 1.807) is 69.2 Å². The van der Waals surface area contributed by atoms with Gasteiger partial charge in [-0.25, -0.2) is 9.59 Å². The molecule has 0 saturated carbocycles. The van der Waals surface area contributed by atoms with Crippen molar-refractivity contribution in [2.24, 2.45) is 11.8 Å². The number of unbranched alkanes of at least 4 members (excludes halogenated alkanes) is 2. The standard InChI is InChI=1S/C33H48F3N3O6.C29H39F3N2O6/c1-7-8-9-15-38-26-18-24(25(33(34,35)36)19-27(26)44-28(30(38)41)22-12-16-43-17-13-22)29(40)39(21(2)3)23-11-10-14-37(20-23)31(42)45-32(4,5)6;1-17(2)34(20-7-6-10-33(16-20)27(37)40-28(3,4)5)26(36)21-13-19-14-23(35)25(18-8-11-38-12-9-18)39-24(19)15-22(21)29(30,31)32/h18-19,21-23,28H,7-17,20H2,1-6H3;13,15,17-18,20,25H,6-12,14,16H2,1-5H3/t23-,28?;20-,25?/m11/s1. The number of fused-ring (bicyclic) bond motifs is 2. The van der Waals surface area contributed by atoms with E-state index in [1.165, 1.54) is 36.6 Å². The Hall–Kier alpha value is -5.84. The van der Waals surface area contributed by atoms with Crippen LogP contribution in [0.1, 0.15) is 184 Å². The summed E-state index contributed by atoms with van der Waals surface area (Å²) in [6.45, 7) is 22.9. The van der Waals surface area contributed by atoms with Crippen molar-refractivity contribution >= 4 is 41.4 Å². The topological polar surface area (TPSA) is 174 Å². The third-order valence-corrected chi connectivity index (χ3v) is 16.2. The Morgan fingerprint density at radius 2 is 1.05 bits per heavy atom. The van der Waals surface area contributed by atoms with Gasteiger partial charge < -0.3 is 52.9 Å². The quantitative estimate of drug-likeness (QED) is 0.146. The van der Waals surface area contributed by atoms with E-state index in [4.69, 9.17) is 28.4 Å². The summed E-state index contributed by atoms with van der Waals surface area (Å²) in [5.41, 5.74) is -4.22. The average molecular weight is 1210 g/mol. The van der Waals surface area contributed by atoms with Gasteiger partial charge in [-0.1, -0.05) is 19.8 Å². The molecule has 4 atom stereocenters. The molecule has 0 aromatic heterocycles. The molecule has 0 radical (unpaired) electrons. The zero-order valence-electron chi connectivity index (χ0n) is 51.2. The second-order valence-corrected chi connectivity index (χ2v) is 25.7. The van der Waals surface area contributed by atoms with Gasteiger partial charge in [0.15, 0.2) is 18.0 Å². The van der Waals surface area contributed by atoms with Crippen LogP contribution in [-0.2, 0) is 47.3 Å². The van der Waals surface area contributed by atoms with Crippen LogP contribution in [-0.4, -0.2) is 162 Å². The number of halogens is 6. The molecule has 8 rings (SSSR count). The second kappa shape index (κ2) is 27.5. The number of anilines is 1. The molecule has 85 heavy (non-hydrogen) atoms. The van der Waals surface area contributed by atoms with E-state index < -0.39 is 106 Å². The van der Waals surface area contributed by atoms with Gasteiger partial charge in [-0.3, -0.25) is 19.2 Å². The molecule has 0 spiro atoms. The lowest BCUT2D eigenvalue weighted by molar-refractivity contribution is -0.139. The van der Waals surface area contributed by atoms with E-state index >= 15 is 0 Å². The molecule has 474 valence electrons. The van der Waals surface area contributed by atoms with Crippen molar-refractivity contribution in [3.63, 3.8) is 0 Å². The van der Waals surface area contributed by atoms with Crippen molar-refractivity contribution in [3.8, 4) is 11.5 Å². The molecule has 4 fully saturated rings. The third kappa shape index (κ3) is 16.6. The maximum Gasteiger partial charge on any atom is 0.417 e. The minimum Gasteiger partial charge on any atom is -0.482 e. The lowest BCUT2D eigenvalue weighted by Crippen LogP contribution is -2.54. The Kier molecular flexibility index (Phi) is 21.5. The zero-order valence-corrected chi connectivity index (χ0v) is 51.2. The molecule has 23 heteroatoms. The number of rotatable bonds is 12. The van der Waals surface area contributed by atoms with E-state index in [9.17, 15) is 55.1 Å². The van der Waals surface area contributed by atoms with Crippen molar-refractivity contribution in [2.75, 3.05) is 64.1 Å². The Labute approximate surface area is 495 Å². The fourth-order valence-electron chi connectivity index (χ4n) is 12.2. The van der Waals surface area contributed by atoms with E-state index in [0.29, 0.717) is 104 Å². The third-order valence-electron chi connectivity index (χ3n) is 16.2. The van der Waals surface area contributed by atoms with E-state index in [2.05, 4.69) is 0 Å². The summed E-state index contributed by atoms with van der Waals surface area (Å²) in [5.74, 6) is -2.46. The van der Waals surface area contributed by atoms with Crippen molar-refractivity contribution in [2.45, 2.75) is 213 Å². The van der Waals surface area contributed by atoms with Crippen molar-refractivity contribution in [3.05, 3.63) is 52.1 Å². The van der Waals surface area contributed by atoms with Crippen LogP contribution in [0.25, 0.3) is 0 Å². The highest BCUT2D eigenvalue weighted by atomic mass is 19.4. The largest absolute Gasteiger partial charge is 0.482 e. The molecule has 17 nitrogen and oxygen atoms in total. The lowest BCUT2D eigenvalue weighted by atomic mass is 9.86. The van der Waals surface area contributed by atoms with Crippen LogP contribution in [0.2, 0.25) is 0 Å². The van der Waals surface area contributed by atoms with E-state index in [0.717, 1.165) is 25.0 Å². The predicted octanol–water partition coefficient (Wildman–Crippen LogP) is 11.9. The first-order valence-corrected chi connectivity index (χ1v) is 30.2. The van der Waals surface area contributed by atoms with Gasteiger partial charge in [-0.2, -0.15) is 26.3 Å². The summed E-state index contributed by atoms with van der Waals surface area (Å²) < 4.78 is 121. The monoisotopic (exact) mass is 1210 g/mol. The summed E-state index contributed by atoms with van der Waals surface area (Å²) in [4.78, 5) is 87.9. The van der Waals surface area contributed by atoms with Gasteiger partial charge in [-0.05, 0) is 151 Å². The number of piperidine rings is 2. The highest BCUT2D eigenvalue weighted by Gasteiger charge is 2.47. The molecule has 5 amide bonds. The maximum atomic E-state index is 14.7. The molecule has 2 unspecified atom stereocenters. The van der Waals surface area contributed by atoms with Gasteiger partial charge in [0.2, 0.25) is 0 Å². The first-order chi connectivity index (χ1) is 39.8. The van der Waals surface area contributed by atoms with E-state index in [1.807, 2.05) is 6.92 Å². The number of ketones is 1. The Bertz CT molecular complexity index is 2710. The average Bonchev–Trinajstić information content (AvgIpc) is 1.96. The number of carbonyl (C=O) groups is 6. The fourth-order valence-corrected chi connectivity index (χ4v) is 12.2. The molecular formula is C62H87F6N5O12. The Morgan fingerprint density at radius 3 is 1.48 bits per heavy atom. The number of Topliss-reactive ketones (excluding diaryl/α,β-unsaturated/α-hetero) is 1. The van der Waals surface area contributed by atoms with Crippen LogP contribution in [0, 0.1) is 11.8 Å². The number of ether oxygens (including phenoxy) is 6. The molecule has 6 aliphatic rings. The molecule has 2 aromatic rings. The first kappa shape index (κ1) is 66.7. The number of alkyl halides is 6. The zero-order chi connectivity index (χ0) is 62.5. The highest BCUT2D eigenvalue weighted by molar-refractivity contribution is 6.04. The number of likely N-dealkylation sites (tertiary alicyclic amines) is 2. The summed E-state index contributed by atoms with van der Waals surface area (Å²) in [5, 5.41) is 0. The highest BCUT2D eigenvalue weighted by Crippen LogP contribution is 2.46. The van der Waals surface area contributed by atoms with Crippen LogP contribution in [0.15, 0.2) is 24.3 Å². The summed E-state index contributed by atoms with van der Waals surface area (Å²) in [6, 6.07) is 2.19. The van der Waals surface area contributed by atoms with Gasteiger partial charge in [0.1, 0.15) is 22.7 Å². The number of carbonyl (C=O) groups excluding carboxylic acids is 6. The first-order valence-electron chi connectivity index (χ1n) is 30.2. The van der Waals surface area contributed by atoms with Crippen molar-refractivity contribution in [1.29, 1.82) is 0 Å². The Balaban J connectivity index is 0.000000245. The van der Waals surface area contributed by atoms with Gasteiger partial charge in [0, 0.05) is 95.1 Å². The van der Waals surface area contributed by atoms with Crippen LogP contribution in [0.3, 0.4) is 0 Å². The molecule has 0 N–H and O–H groups in total. The van der Waals surface area contributed by atoms with Crippen LogP contribution >= 0.6 is 0 Å². The Morgan fingerprint density at radius 1 is 0.612 bits per heavy atom. The second-order valence-electron chi connectivity index (χ2n) is 25.7. The van der Waals surface area contributed by atoms with E-state index in [-0.39, 0.29) is 65.8 Å². The lowest BCUT2D eigenvalue weighted by Gasteiger charge is -2.42. The van der Waals surface area contributed by atoms with Crippen LogP contribution < -0.4 is 14.4 Å². The molecular weight excluding hydrogens is 1120 g/mol. The minimum atomic E-state index is -4.86. The number of amides is 5. The molecule has 0 aliphatic carbocycles. The minimum absolute atomic E-state index is 0.00942. The molecule has 6 aliphatic heterocycles. The smallest absolute Gasteiger partial charge is 0.417 e. The van der Waals surface area contributed by atoms with Gasteiger partial charge in [0.05, 0.1) is 40.0 Å². The SMILES string of the molecule is CC(C)N(C(=O)c1cc2c(cc1C(F)(F)F)OC(C1CCOCC1)C(=O)C2)[C@@H]1CCCN(C(=O)OC(C)(C)C)C1.CCCCCN1C(=O)C(C2CCOCC2)Oc2cc(C(F)(F)F)c(C(=O)N(C(C)C)[C@@H]3CCCN(C(=O)OC(C)(C)C)C3)cc21. The van der Waals surface area contributed by atoms with Gasteiger partial charge >= 0.3 is 24.5 Å². The summed E-state index contributed by atoms with van der Waals surface area (Å²) >= 11 is 0. The predicted molar refractivity (Wildman–Crippen MR) is 304 cm³/mol. The summed E-state index contributed by atoms with van der Waals surface area (Å²) in [6.07, 6.45) is -5.64. The molecule has 4 saturated heterocycles. The number of benzene rings is 2. The maximum absolute atomic E-state index is 14.7. The fraction of sp³-hybridized carbons (Fsp3) is 0.710. The number of hydrogen-bond donors (Lipinski definition) is 0. The molecule has 6 heterocycles. The number of nitrogens with zero attached hydrogens (tertiary/aromatic N) is 5. The van der Waals surface area contributed by atoms with Crippen LogP contribution in [0.5, 0.6) is 11.5 Å². The summed E-state index contributed by atoms with van der Waals surface area (Å²) in [7, 11) is 0. The number of hydrogen-bond acceptors (Lipinski definition) is 12. The van der Waals surface area contributed by atoms with Crippen molar-refractivity contribution in [1.82, 2.24) is 19.6 Å². The van der Waals surface area contributed by atoms with Gasteiger partial charge in [-0.15, -0.1) is 0 Å². The van der Waals surface area contributed by atoms with Gasteiger partial charge in [0.25, 0.3) is 17.7 Å². The molecule has 0 bridgehead atoms. The van der Waals surface area contributed by atoms with Crippen molar-refractivity contribution < 1.29 is 83.5 Å². The van der Waals surface area contributed by atoms with Crippen LogP contribution in [0.4, 0.5) is 41.6 Å². The normalized spacial score (nSPS) is 21.9. The molecule has 2 aromatic carbocycles.